The largest absolute Gasteiger partial charge is 0.497 e. The summed E-state index contributed by atoms with van der Waals surface area (Å²) in [6.07, 6.45) is 0.242. The summed E-state index contributed by atoms with van der Waals surface area (Å²) in [4.78, 5) is 19.7. The van der Waals surface area contributed by atoms with Gasteiger partial charge in [0.2, 0.25) is 5.91 Å². The Morgan fingerprint density at radius 2 is 1.84 bits per heavy atom. The second-order valence-corrected chi connectivity index (χ2v) is 7.81. The molecule has 0 unspecified atom stereocenters. The average molecular weight is 422 g/mol. The molecule has 1 fully saturated rings. The van der Waals surface area contributed by atoms with Gasteiger partial charge in [-0.25, -0.2) is 4.98 Å². The molecule has 1 saturated heterocycles. The van der Waals surface area contributed by atoms with Crippen molar-refractivity contribution in [1.29, 1.82) is 0 Å². The first-order valence-corrected chi connectivity index (χ1v) is 10.2. The SMILES string of the molecule is COc1cc(CC(=O)N[C@@H]2CN(C)C[C@H]2c2nc(-c3ccccc3)n[nH]2)cc(OC)c1. The van der Waals surface area contributed by atoms with Crippen molar-refractivity contribution in [3.8, 4) is 22.9 Å². The quantitative estimate of drug-likeness (QED) is 0.608. The Bertz CT molecular complexity index is 1010. The van der Waals surface area contributed by atoms with Crippen LogP contribution in [0.3, 0.4) is 0 Å². The van der Waals surface area contributed by atoms with E-state index in [-0.39, 0.29) is 24.3 Å². The third-order valence-electron chi connectivity index (χ3n) is 5.51. The van der Waals surface area contributed by atoms with E-state index in [9.17, 15) is 4.79 Å². The number of hydrogen-bond donors (Lipinski definition) is 2. The predicted octanol–water partition coefficient (Wildman–Crippen LogP) is 2.25. The topological polar surface area (TPSA) is 92.4 Å². The minimum atomic E-state index is -0.0541. The van der Waals surface area contributed by atoms with E-state index in [1.165, 1.54) is 0 Å². The molecule has 1 aliphatic rings. The van der Waals surface area contributed by atoms with Crippen LogP contribution in [0.1, 0.15) is 17.3 Å². The van der Waals surface area contributed by atoms with Gasteiger partial charge < -0.3 is 19.7 Å². The highest BCUT2D eigenvalue weighted by atomic mass is 16.5. The number of aromatic nitrogens is 3. The lowest BCUT2D eigenvalue weighted by molar-refractivity contribution is -0.121. The summed E-state index contributed by atoms with van der Waals surface area (Å²) in [5.41, 5.74) is 1.80. The summed E-state index contributed by atoms with van der Waals surface area (Å²) in [7, 11) is 5.23. The summed E-state index contributed by atoms with van der Waals surface area (Å²) in [5, 5.41) is 10.6. The van der Waals surface area contributed by atoms with Crippen molar-refractivity contribution in [2.45, 2.75) is 18.4 Å². The molecule has 0 aliphatic carbocycles. The standard InChI is InChI=1S/C23H27N5O3/c1-28-13-19(23-25-22(26-27-23)16-7-5-4-6-8-16)20(14-28)24-21(29)11-15-9-17(30-2)12-18(10-15)31-3/h4-10,12,19-20H,11,13-14H2,1-3H3,(H,24,29)(H,25,26,27)/t19-,20-/m1/s1. The molecule has 8 heteroatoms. The molecule has 2 N–H and O–H groups in total. The lowest BCUT2D eigenvalue weighted by Gasteiger charge is -2.18. The normalized spacial score (nSPS) is 18.7. The number of nitrogens with one attached hydrogen (secondary N) is 2. The number of aromatic amines is 1. The number of carbonyl (C=O) groups excluding carboxylic acids is 1. The molecule has 0 bridgehead atoms. The third-order valence-corrected chi connectivity index (χ3v) is 5.51. The number of ether oxygens (including phenoxy) is 2. The van der Waals surface area contributed by atoms with Crippen molar-refractivity contribution >= 4 is 5.91 Å². The van der Waals surface area contributed by atoms with Crippen LogP contribution in [0.4, 0.5) is 0 Å². The van der Waals surface area contributed by atoms with Gasteiger partial charge in [-0.2, -0.15) is 5.10 Å². The second kappa shape index (κ2) is 9.18. The summed E-state index contributed by atoms with van der Waals surface area (Å²) in [6, 6.07) is 15.3. The van der Waals surface area contributed by atoms with Crippen molar-refractivity contribution in [1.82, 2.24) is 25.4 Å². The molecule has 8 nitrogen and oxygen atoms in total. The molecule has 162 valence electrons. The molecule has 2 aromatic carbocycles. The fraction of sp³-hybridized carbons (Fsp3) is 0.348. The number of likely N-dealkylation sites (tertiary alicyclic amines) is 1. The molecular formula is C23H27N5O3. The zero-order valence-corrected chi connectivity index (χ0v) is 18.0. The minimum Gasteiger partial charge on any atom is -0.497 e. The lowest BCUT2D eigenvalue weighted by Crippen LogP contribution is -2.40. The molecule has 2 atom stereocenters. The molecule has 31 heavy (non-hydrogen) atoms. The van der Waals surface area contributed by atoms with Crippen LogP contribution in [0.2, 0.25) is 0 Å². The van der Waals surface area contributed by atoms with E-state index in [2.05, 4.69) is 20.4 Å². The third kappa shape index (κ3) is 4.86. The van der Waals surface area contributed by atoms with Gasteiger partial charge >= 0.3 is 0 Å². The van der Waals surface area contributed by atoms with E-state index in [0.717, 1.165) is 30.0 Å². The lowest BCUT2D eigenvalue weighted by atomic mass is 10.0. The monoisotopic (exact) mass is 421 g/mol. The molecule has 1 aliphatic heterocycles. The van der Waals surface area contributed by atoms with Crippen LogP contribution < -0.4 is 14.8 Å². The number of likely N-dealkylation sites (N-methyl/N-ethyl adjacent to an activating group) is 1. The van der Waals surface area contributed by atoms with E-state index in [0.29, 0.717) is 17.3 Å². The van der Waals surface area contributed by atoms with E-state index < -0.39 is 0 Å². The van der Waals surface area contributed by atoms with Gasteiger partial charge in [-0.05, 0) is 24.7 Å². The van der Waals surface area contributed by atoms with Crippen LogP contribution in [0.15, 0.2) is 48.5 Å². The second-order valence-electron chi connectivity index (χ2n) is 7.81. The summed E-state index contributed by atoms with van der Waals surface area (Å²) in [5.74, 6) is 2.77. The number of amides is 1. The molecule has 0 saturated carbocycles. The van der Waals surface area contributed by atoms with Gasteiger partial charge in [0.25, 0.3) is 0 Å². The fourth-order valence-electron chi connectivity index (χ4n) is 3.99. The Hall–Kier alpha value is -3.39. The van der Waals surface area contributed by atoms with Gasteiger partial charge in [0.05, 0.1) is 32.6 Å². The maximum Gasteiger partial charge on any atom is 0.224 e. The Labute approximate surface area is 181 Å². The summed E-state index contributed by atoms with van der Waals surface area (Å²) < 4.78 is 10.6. The molecule has 0 spiro atoms. The van der Waals surface area contributed by atoms with Gasteiger partial charge in [0.15, 0.2) is 5.82 Å². The van der Waals surface area contributed by atoms with Crippen molar-refractivity contribution in [3.05, 3.63) is 59.9 Å². The smallest absolute Gasteiger partial charge is 0.224 e. The maximum absolute atomic E-state index is 12.8. The highest BCUT2D eigenvalue weighted by Crippen LogP contribution is 2.27. The van der Waals surface area contributed by atoms with Crippen LogP contribution in [0.5, 0.6) is 11.5 Å². The first kappa shape index (κ1) is 20.9. The van der Waals surface area contributed by atoms with Crippen molar-refractivity contribution in [2.75, 3.05) is 34.4 Å². The molecule has 0 radical (unpaired) electrons. The molecule has 2 heterocycles. The Kier molecular flexibility index (Phi) is 6.18. The Morgan fingerprint density at radius 3 is 2.52 bits per heavy atom. The van der Waals surface area contributed by atoms with E-state index in [1.54, 1.807) is 20.3 Å². The van der Waals surface area contributed by atoms with Gasteiger partial charge in [-0.1, -0.05) is 30.3 Å². The van der Waals surface area contributed by atoms with Crippen LogP contribution in [-0.2, 0) is 11.2 Å². The molecule has 1 aromatic heterocycles. The van der Waals surface area contributed by atoms with E-state index in [4.69, 9.17) is 14.5 Å². The van der Waals surface area contributed by atoms with Crippen LogP contribution in [-0.4, -0.2) is 66.4 Å². The number of carbonyl (C=O) groups is 1. The van der Waals surface area contributed by atoms with Gasteiger partial charge in [-0.15, -0.1) is 0 Å². The number of nitrogens with zero attached hydrogens (tertiary/aromatic N) is 3. The van der Waals surface area contributed by atoms with Crippen molar-refractivity contribution in [2.24, 2.45) is 0 Å². The van der Waals surface area contributed by atoms with Crippen LogP contribution in [0, 0.1) is 0 Å². The first-order chi connectivity index (χ1) is 15.1. The zero-order valence-electron chi connectivity index (χ0n) is 18.0. The van der Waals surface area contributed by atoms with Gasteiger partial charge in [0, 0.05) is 24.7 Å². The maximum atomic E-state index is 12.8. The number of methoxy groups -OCH3 is 2. The van der Waals surface area contributed by atoms with Gasteiger partial charge in [0.1, 0.15) is 17.3 Å². The van der Waals surface area contributed by atoms with Crippen molar-refractivity contribution in [3.63, 3.8) is 0 Å². The van der Waals surface area contributed by atoms with Crippen molar-refractivity contribution < 1.29 is 14.3 Å². The Balaban J connectivity index is 1.46. The first-order valence-electron chi connectivity index (χ1n) is 10.2. The Morgan fingerprint density at radius 1 is 1.13 bits per heavy atom. The minimum absolute atomic E-state index is 0.0405. The number of benzene rings is 2. The summed E-state index contributed by atoms with van der Waals surface area (Å²) in [6.45, 7) is 1.54. The fourth-order valence-corrected chi connectivity index (χ4v) is 3.99. The summed E-state index contributed by atoms with van der Waals surface area (Å²) >= 11 is 0. The number of H-pyrrole nitrogens is 1. The molecular weight excluding hydrogens is 394 g/mol. The zero-order chi connectivity index (χ0) is 21.8. The van der Waals surface area contributed by atoms with E-state index >= 15 is 0 Å². The van der Waals surface area contributed by atoms with Crippen LogP contribution in [0.25, 0.3) is 11.4 Å². The molecule has 3 aromatic rings. The number of rotatable bonds is 7. The van der Waals surface area contributed by atoms with Gasteiger partial charge in [-0.3, -0.25) is 9.89 Å². The highest BCUT2D eigenvalue weighted by Gasteiger charge is 2.35. The van der Waals surface area contributed by atoms with E-state index in [1.807, 2.05) is 49.5 Å². The average Bonchev–Trinajstić information content (AvgIpc) is 3.40. The predicted molar refractivity (Wildman–Crippen MR) is 117 cm³/mol. The molecule has 1 amide bonds. The van der Waals surface area contributed by atoms with Crippen LogP contribution >= 0.6 is 0 Å². The number of hydrogen-bond acceptors (Lipinski definition) is 6. The molecule has 4 rings (SSSR count). The highest BCUT2D eigenvalue weighted by molar-refractivity contribution is 5.79.